The van der Waals surface area contributed by atoms with Crippen molar-refractivity contribution in [1.29, 1.82) is 0 Å². The number of aromatic hydroxyl groups is 3. The molecule has 0 radical (unpaired) electrons. The largest absolute Gasteiger partial charge is 0.508 e. The van der Waals surface area contributed by atoms with Gasteiger partial charge in [-0.05, 0) is 24.3 Å². The number of hydrogen-bond acceptors (Lipinski definition) is 11. The van der Waals surface area contributed by atoms with Gasteiger partial charge in [-0.15, -0.1) is 0 Å². The number of rotatable bonds is 4. The average molecular weight is 462 g/mol. The van der Waals surface area contributed by atoms with E-state index < -0.39 is 59.8 Å². The molecule has 5 atom stereocenters. The Balaban J connectivity index is 2.03. The number of ether oxygens (including phenoxy) is 2. The topological polar surface area (TPSA) is 190 Å². The molecule has 0 unspecified atom stereocenters. The van der Waals surface area contributed by atoms with E-state index in [1.165, 1.54) is 24.3 Å². The van der Waals surface area contributed by atoms with Gasteiger partial charge in [-0.2, -0.15) is 0 Å². The Hall–Kier alpha value is -3.35. The van der Waals surface area contributed by atoms with Crippen LogP contribution in [0, 0.1) is 0 Å². The lowest BCUT2D eigenvalue weighted by atomic mass is 9.89. The molecule has 33 heavy (non-hydrogen) atoms. The van der Waals surface area contributed by atoms with Crippen LogP contribution in [0.15, 0.2) is 39.5 Å². The minimum Gasteiger partial charge on any atom is -0.508 e. The summed E-state index contributed by atoms with van der Waals surface area (Å²) in [5.41, 5.74) is -1.05. The summed E-state index contributed by atoms with van der Waals surface area (Å²) < 4.78 is 16.4. The number of aliphatic hydroxyl groups is 4. The van der Waals surface area contributed by atoms with Crippen LogP contribution in [0.5, 0.6) is 23.0 Å². The number of hydrogen-bond donors (Lipinski definition) is 7. The maximum Gasteiger partial charge on any atom is 0.204 e. The number of phenols is 3. The highest BCUT2D eigenvalue weighted by Crippen LogP contribution is 2.50. The predicted octanol–water partition coefficient (Wildman–Crippen LogP) is 0.100. The molecule has 11 heteroatoms. The molecule has 0 aliphatic carbocycles. The molecule has 0 amide bonds. The van der Waals surface area contributed by atoms with Crippen LogP contribution in [0.25, 0.3) is 22.3 Å². The second kappa shape index (κ2) is 8.54. The zero-order valence-corrected chi connectivity index (χ0v) is 17.2. The third-order valence-corrected chi connectivity index (χ3v) is 5.65. The van der Waals surface area contributed by atoms with Crippen LogP contribution in [0.3, 0.4) is 0 Å². The predicted molar refractivity (Wildman–Crippen MR) is 112 cm³/mol. The lowest BCUT2D eigenvalue weighted by molar-refractivity contribution is -0.231. The number of benzene rings is 2. The van der Waals surface area contributed by atoms with E-state index in [4.69, 9.17) is 13.9 Å². The summed E-state index contributed by atoms with van der Waals surface area (Å²) in [5, 5.41) is 71.0. The molecule has 3 aromatic rings. The second-order valence-corrected chi connectivity index (χ2v) is 7.62. The summed E-state index contributed by atoms with van der Waals surface area (Å²) in [4.78, 5) is 13.0. The summed E-state index contributed by atoms with van der Waals surface area (Å²) in [7, 11) is 1.13. The molecule has 11 nitrogen and oxygen atoms in total. The summed E-state index contributed by atoms with van der Waals surface area (Å²) in [5.74, 6) is -1.98. The van der Waals surface area contributed by atoms with E-state index in [0.717, 1.165) is 13.2 Å². The van der Waals surface area contributed by atoms with E-state index in [1.54, 1.807) is 0 Å². The van der Waals surface area contributed by atoms with Gasteiger partial charge in [0.05, 0.1) is 19.3 Å². The molecule has 1 fully saturated rings. The van der Waals surface area contributed by atoms with Crippen LogP contribution in [0.4, 0.5) is 0 Å². The Morgan fingerprint density at radius 2 is 1.64 bits per heavy atom. The fraction of sp³-hybridized carbons (Fsp3) is 0.318. The summed E-state index contributed by atoms with van der Waals surface area (Å²) >= 11 is 0. The third kappa shape index (κ3) is 3.65. The molecular formula is C22H22O11. The Kier molecular flexibility index (Phi) is 5.91. The normalized spacial score (nSPS) is 25.3. The molecular weight excluding hydrogens is 440 g/mol. The molecule has 0 saturated carbocycles. The van der Waals surface area contributed by atoms with Crippen molar-refractivity contribution in [2.24, 2.45) is 0 Å². The van der Waals surface area contributed by atoms with Crippen LogP contribution >= 0.6 is 0 Å². The van der Waals surface area contributed by atoms with E-state index in [-0.39, 0.29) is 28.0 Å². The van der Waals surface area contributed by atoms with E-state index in [9.17, 15) is 40.5 Å². The first kappa shape index (κ1) is 22.8. The maximum atomic E-state index is 13.0. The van der Waals surface area contributed by atoms with Gasteiger partial charge in [0.25, 0.3) is 0 Å². The van der Waals surface area contributed by atoms with E-state index in [2.05, 4.69) is 0 Å². The molecule has 1 saturated heterocycles. The smallest absolute Gasteiger partial charge is 0.204 e. The lowest BCUT2D eigenvalue weighted by Crippen LogP contribution is -2.55. The number of methoxy groups -OCH3 is 1. The van der Waals surface area contributed by atoms with Crippen LogP contribution in [-0.2, 0) is 4.74 Å². The zero-order valence-electron chi connectivity index (χ0n) is 17.2. The standard InChI is InChI=1S/C22H22O11/c1-31-22-16(27)13-10(25)6-11(8-2-4-9(24)5-3-8)32-20(13)14(17(22)28)21-19(30)18(29)15(26)12(7-23)33-21/h2-6,12,15,18-19,21,23-24,26-30H,7H2,1H3/t12-,15-,18+,19-,21+/m1/s1. The first-order chi connectivity index (χ1) is 15.7. The number of phenolic OH excluding ortho intramolecular Hbond substituents is 3. The molecule has 0 spiro atoms. The molecule has 1 aliphatic rings. The van der Waals surface area contributed by atoms with Gasteiger partial charge in [-0.1, -0.05) is 0 Å². The van der Waals surface area contributed by atoms with E-state index in [0.29, 0.717) is 5.56 Å². The molecule has 1 aliphatic heterocycles. The first-order valence-electron chi connectivity index (χ1n) is 9.89. The van der Waals surface area contributed by atoms with Crippen LogP contribution < -0.4 is 10.2 Å². The zero-order chi connectivity index (χ0) is 24.0. The fourth-order valence-electron chi connectivity index (χ4n) is 3.93. The molecule has 2 aromatic carbocycles. The van der Waals surface area contributed by atoms with Gasteiger partial charge in [0, 0.05) is 11.6 Å². The molecule has 1 aromatic heterocycles. The Morgan fingerprint density at radius 1 is 0.970 bits per heavy atom. The molecule has 2 heterocycles. The van der Waals surface area contributed by atoms with E-state index >= 15 is 0 Å². The van der Waals surface area contributed by atoms with Gasteiger partial charge in [0.1, 0.15) is 47.4 Å². The van der Waals surface area contributed by atoms with Gasteiger partial charge in [-0.3, -0.25) is 4.79 Å². The molecule has 0 bridgehead atoms. The second-order valence-electron chi connectivity index (χ2n) is 7.62. The SMILES string of the molecule is COc1c(O)c([C@@H]2O[C@H](CO)[C@@H](O)[C@H](O)[C@H]2O)c2oc(-c3ccc(O)cc3)cc(=O)c2c1O. The van der Waals surface area contributed by atoms with Crippen molar-refractivity contribution in [3.63, 3.8) is 0 Å². The highest BCUT2D eigenvalue weighted by atomic mass is 16.5. The van der Waals surface area contributed by atoms with Gasteiger partial charge >= 0.3 is 0 Å². The van der Waals surface area contributed by atoms with E-state index in [1.807, 2.05) is 0 Å². The van der Waals surface area contributed by atoms with Gasteiger partial charge < -0.3 is 49.6 Å². The van der Waals surface area contributed by atoms with Crippen LogP contribution in [-0.4, -0.2) is 73.9 Å². The van der Waals surface area contributed by atoms with Crippen LogP contribution in [0.1, 0.15) is 11.7 Å². The molecule has 4 rings (SSSR count). The van der Waals surface area contributed by atoms with Crippen molar-refractivity contribution < 1.29 is 49.6 Å². The van der Waals surface area contributed by atoms with Gasteiger partial charge in [0.2, 0.25) is 5.75 Å². The van der Waals surface area contributed by atoms with Crippen molar-refractivity contribution in [2.75, 3.05) is 13.7 Å². The fourth-order valence-corrected chi connectivity index (χ4v) is 3.93. The minimum atomic E-state index is -1.81. The molecule has 7 N–H and O–H groups in total. The quantitative estimate of drug-likeness (QED) is 0.278. The van der Waals surface area contributed by atoms with Crippen molar-refractivity contribution in [3.05, 3.63) is 46.1 Å². The Labute approximate surface area is 185 Å². The third-order valence-electron chi connectivity index (χ3n) is 5.65. The number of aliphatic hydroxyl groups excluding tert-OH is 4. The summed E-state index contributed by atoms with van der Waals surface area (Å²) in [6, 6.07) is 6.75. The lowest BCUT2D eigenvalue weighted by Gasteiger charge is -2.40. The van der Waals surface area contributed by atoms with Crippen molar-refractivity contribution in [3.8, 4) is 34.3 Å². The van der Waals surface area contributed by atoms with Gasteiger partial charge in [0.15, 0.2) is 22.5 Å². The van der Waals surface area contributed by atoms with Crippen molar-refractivity contribution in [2.45, 2.75) is 30.5 Å². The minimum absolute atomic E-state index is 0.00214. The molecule has 176 valence electrons. The Morgan fingerprint density at radius 3 is 2.24 bits per heavy atom. The van der Waals surface area contributed by atoms with Crippen molar-refractivity contribution >= 4 is 11.0 Å². The van der Waals surface area contributed by atoms with Gasteiger partial charge in [-0.25, -0.2) is 0 Å². The summed E-state index contributed by atoms with van der Waals surface area (Å²) in [6.45, 7) is -0.724. The maximum absolute atomic E-state index is 13.0. The monoisotopic (exact) mass is 462 g/mol. The summed E-state index contributed by atoms with van der Waals surface area (Å²) in [6.07, 6.45) is -8.14. The highest BCUT2D eigenvalue weighted by Gasteiger charge is 2.46. The number of fused-ring (bicyclic) bond motifs is 1. The highest BCUT2D eigenvalue weighted by molar-refractivity contribution is 5.93. The Bertz CT molecular complexity index is 1230. The van der Waals surface area contributed by atoms with Crippen molar-refractivity contribution in [1.82, 2.24) is 0 Å². The average Bonchev–Trinajstić information content (AvgIpc) is 2.79. The first-order valence-corrected chi connectivity index (χ1v) is 9.89. The van der Waals surface area contributed by atoms with Crippen LogP contribution in [0.2, 0.25) is 0 Å².